The number of piperidine rings is 1. The molecule has 0 aromatic carbocycles. The van der Waals surface area contributed by atoms with Crippen molar-refractivity contribution in [2.24, 2.45) is 0 Å². The predicted molar refractivity (Wildman–Crippen MR) is 63.2 cm³/mol. The molecule has 5 heteroatoms. The third-order valence-corrected chi connectivity index (χ3v) is 5.95. The van der Waals surface area contributed by atoms with E-state index in [4.69, 9.17) is 0 Å². The van der Waals surface area contributed by atoms with Crippen LogP contribution in [0.25, 0.3) is 0 Å². The van der Waals surface area contributed by atoms with E-state index in [0.717, 1.165) is 13.1 Å². The van der Waals surface area contributed by atoms with E-state index < -0.39 is 9.84 Å². The molecule has 4 nitrogen and oxygen atoms in total. The van der Waals surface area contributed by atoms with E-state index in [9.17, 15) is 8.42 Å². The average molecular weight is 244 g/mol. The number of hydrogen-bond donors (Lipinski definition) is 1. The maximum Gasteiger partial charge on any atom is 0.152 e. The lowest BCUT2D eigenvalue weighted by atomic mass is 9.98. The smallest absolute Gasteiger partial charge is 0.152 e. The van der Waals surface area contributed by atoms with Crippen LogP contribution in [0.2, 0.25) is 0 Å². The zero-order chi connectivity index (χ0) is 11.2. The van der Waals surface area contributed by atoms with Gasteiger partial charge in [0.05, 0.1) is 11.5 Å². The van der Waals surface area contributed by atoms with Gasteiger partial charge in [-0.15, -0.1) is 0 Å². The number of hydrogen-bond acceptors (Lipinski definition) is 4. The summed E-state index contributed by atoms with van der Waals surface area (Å²) in [5.41, 5.74) is 0. The molecule has 0 aromatic heterocycles. The molecule has 16 heavy (non-hydrogen) atoms. The largest absolute Gasteiger partial charge is 0.311 e. The summed E-state index contributed by atoms with van der Waals surface area (Å²) in [6, 6.07) is 2.03. The molecule has 0 aromatic rings. The van der Waals surface area contributed by atoms with Crippen molar-refractivity contribution in [3.8, 4) is 0 Å². The number of rotatable bonds is 1. The maximum absolute atomic E-state index is 11.4. The van der Waals surface area contributed by atoms with Crippen LogP contribution >= 0.6 is 0 Å². The minimum absolute atomic E-state index is 0.367. The van der Waals surface area contributed by atoms with E-state index >= 15 is 0 Å². The van der Waals surface area contributed by atoms with Gasteiger partial charge >= 0.3 is 0 Å². The first kappa shape index (κ1) is 11.0. The summed E-state index contributed by atoms with van der Waals surface area (Å²) in [6.45, 7) is 1.51. The van der Waals surface area contributed by atoms with Crippen LogP contribution < -0.4 is 5.32 Å². The molecule has 2 atom stereocenters. The molecule has 3 saturated heterocycles. The zero-order valence-corrected chi connectivity index (χ0v) is 10.4. The van der Waals surface area contributed by atoms with Gasteiger partial charge in [0.2, 0.25) is 0 Å². The molecular weight excluding hydrogens is 224 g/mol. The lowest BCUT2D eigenvalue weighted by Crippen LogP contribution is -2.52. The summed E-state index contributed by atoms with van der Waals surface area (Å²) >= 11 is 0. The molecule has 0 spiro atoms. The Morgan fingerprint density at radius 2 is 1.56 bits per heavy atom. The molecular formula is C11H20N2O2S. The Labute approximate surface area is 97.3 Å². The van der Waals surface area contributed by atoms with E-state index in [1.165, 1.54) is 25.7 Å². The molecule has 0 saturated carbocycles. The lowest BCUT2D eigenvalue weighted by Gasteiger charge is -2.39. The van der Waals surface area contributed by atoms with Gasteiger partial charge < -0.3 is 5.32 Å². The summed E-state index contributed by atoms with van der Waals surface area (Å²) in [7, 11) is -2.72. The highest BCUT2D eigenvalue weighted by Crippen LogP contribution is 2.30. The second kappa shape index (κ2) is 3.96. The Hall–Kier alpha value is -0.130. The van der Waals surface area contributed by atoms with Gasteiger partial charge in [-0.1, -0.05) is 0 Å². The monoisotopic (exact) mass is 244 g/mol. The third-order valence-electron chi connectivity index (χ3n) is 4.34. The van der Waals surface area contributed by atoms with Crippen molar-refractivity contribution in [3.05, 3.63) is 0 Å². The topological polar surface area (TPSA) is 49.4 Å². The molecule has 0 radical (unpaired) electrons. The van der Waals surface area contributed by atoms with Gasteiger partial charge in [-0.05, 0) is 25.7 Å². The summed E-state index contributed by atoms with van der Waals surface area (Å²) in [6.07, 6.45) is 5.06. The van der Waals surface area contributed by atoms with Crippen LogP contribution in [0, 0.1) is 0 Å². The highest BCUT2D eigenvalue weighted by molar-refractivity contribution is 7.91. The second-order valence-electron chi connectivity index (χ2n) is 5.45. The van der Waals surface area contributed by atoms with Crippen LogP contribution in [0.3, 0.4) is 0 Å². The molecule has 3 heterocycles. The van der Waals surface area contributed by atoms with Gasteiger partial charge in [-0.25, -0.2) is 8.42 Å². The second-order valence-corrected chi connectivity index (χ2v) is 7.75. The van der Waals surface area contributed by atoms with Crippen molar-refractivity contribution < 1.29 is 8.42 Å². The first-order valence-corrected chi connectivity index (χ1v) is 8.15. The van der Waals surface area contributed by atoms with Gasteiger partial charge in [0.1, 0.15) is 0 Å². The van der Waals surface area contributed by atoms with Crippen molar-refractivity contribution in [2.75, 3.05) is 24.6 Å². The van der Waals surface area contributed by atoms with Crippen molar-refractivity contribution in [1.29, 1.82) is 0 Å². The Kier molecular flexibility index (Phi) is 2.72. The first-order chi connectivity index (χ1) is 7.62. The van der Waals surface area contributed by atoms with Crippen LogP contribution in [-0.4, -0.2) is 56.0 Å². The fraction of sp³-hybridized carbons (Fsp3) is 1.00. The van der Waals surface area contributed by atoms with Gasteiger partial charge in [-0.2, -0.15) is 0 Å². The van der Waals surface area contributed by atoms with Crippen LogP contribution in [0.1, 0.15) is 25.7 Å². The summed E-state index contributed by atoms with van der Waals surface area (Å²) < 4.78 is 22.8. The van der Waals surface area contributed by atoms with E-state index in [1.807, 2.05) is 0 Å². The van der Waals surface area contributed by atoms with E-state index in [-0.39, 0.29) is 0 Å². The van der Waals surface area contributed by atoms with Crippen LogP contribution in [0.5, 0.6) is 0 Å². The Balaban J connectivity index is 1.62. The summed E-state index contributed by atoms with van der Waals surface area (Å²) in [5, 5.41) is 3.63. The number of fused-ring (bicyclic) bond motifs is 2. The van der Waals surface area contributed by atoms with Crippen LogP contribution in [0.15, 0.2) is 0 Å². The Morgan fingerprint density at radius 1 is 1.00 bits per heavy atom. The molecule has 0 amide bonds. The van der Waals surface area contributed by atoms with Crippen molar-refractivity contribution in [1.82, 2.24) is 10.2 Å². The number of nitrogens with zero attached hydrogens (tertiary/aromatic N) is 1. The van der Waals surface area contributed by atoms with Crippen LogP contribution in [0.4, 0.5) is 0 Å². The fourth-order valence-electron chi connectivity index (χ4n) is 3.42. The molecule has 2 bridgehead atoms. The first-order valence-electron chi connectivity index (χ1n) is 6.33. The average Bonchev–Trinajstić information content (AvgIpc) is 2.58. The fourth-order valence-corrected chi connectivity index (χ4v) is 4.65. The minimum atomic E-state index is -2.72. The Bertz CT molecular complexity index is 342. The molecule has 0 aliphatic carbocycles. The molecule has 3 fully saturated rings. The highest BCUT2D eigenvalue weighted by Gasteiger charge is 2.37. The van der Waals surface area contributed by atoms with Crippen molar-refractivity contribution >= 4 is 9.84 Å². The molecule has 3 rings (SSSR count). The molecule has 92 valence electrons. The molecule has 3 aliphatic heterocycles. The Morgan fingerprint density at radius 3 is 2.12 bits per heavy atom. The van der Waals surface area contributed by atoms with Gasteiger partial charge in [0, 0.05) is 31.2 Å². The minimum Gasteiger partial charge on any atom is -0.311 e. The summed E-state index contributed by atoms with van der Waals surface area (Å²) in [4.78, 5) is 2.41. The lowest BCUT2D eigenvalue weighted by molar-refractivity contribution is 0.152. The zero-order valence-electron chi connectivity index (χ0n) is 9.56. The number of sulfone groups is 1. The normalized spacial score (nSPS) is 43.4. The van der Waals surface area contributed by atoms with E-state index in [1.54, 1.807) is 0 Å². The highest BCUT2D eigenvalue weighted by atomic mass is 32.2. The third kappa shape index (κ3) is 2.13. The van der Waals surface area contributed by atoms with Gasteiger partial charge in [0.15, 0.2) is 9.84 Å². The SMILES string of the molecule is O=S1(=O)CCN(C2CC3CCC(C2)N3)CC1. The van der Waals surface area contributed by atoms with E-state index in [0.29, 0.717) is 29.6 Å². The van der Waals surface area contributed by atoms with E-state index in [2.05, 4.69) is 10.2 Å². The standard InChI is InChI=1S/C11H20N2O2S/c14-16(15)5-3-13(4-6-16)11-7-9-1-2-10(8-11)12-9/h9-12H,1-8H2. The van der Waals surface area contributed by atoms with Crippen LogP contribution in [-0.2, 0) is 9.84 Å². The predicted octanol–water partition coefficient (Wildman–Crippen LogP) is -0.000200. The quantitative estimate of drug-likeness (QED) is 0.705. The van der Waals surface area contributed by atoms with Gasteiger partial charge in [0.25, 0.3) is 0 Å². The van der Waals surface area contributed by atoms with Crippen molar-refractivity contribution in [2.45, 2.75) is 43.8 Å². The molecule has 1 N–H and O–H groups in total. The number of nitrogens with one attached hydrogen (secondary N) is 1. The maximum atomic E-state index is 11.4. The molecule has 3 aliphatic rings. The van der Waals surface area contributed by atoms with Gasteiger partial charge in [-0.3, -0.25) is 4.90 Å². The molecule has 2 unspecified atom stereocenters. The summed E-state index contributed by atoms with van der Waals surface area (Å²) in [5.74, 6) is 0.735. The van der Waals surface area contributed by atoms with Crippen molar-refractivity contribution in [3.63, 3.8) is 0 Å².